The van der Waals surface area contributed by atoms with Gasteiger partial charge in [0.1, 0.15) is 4.90 Å². The number of carbonyl (C=O) groups is 2. The number of ether oxygens (including phenoxy) is 1. The van der Waals surface area contributed by atoms with Crippen molar-refractivity contribution in [3.8, 4) is 0 Å². The molecule has 1 unspecified atom stereocenters. The van der Waals surface area contributed by atoms with Crippen LogP contribution in [0.2, 0.25) is 0 Å². The fraction of sp³-hybridized carbons (Fsp3) is 0.357. The number of esters is 1. The lowest BCUT2D eigenvalue weighted by atomic mass is 10.2. The molecule has 2 rings (SSSR count). The van der Waals surface area contributed by atoms with Gasteiger partial charge in [0, 0.05) is 0 Å². The van der Waals surface area contributed by atoms with Crippen molar-refractivity contribution in [3.63, 3.8) is 0 Å². The Bertz CT molecular complexity index is 743. The number of fused-ring (bicyclic) bond motifs is 1. The van der Waals surface area contributed by atoms with Gasteiger partial charge in [-0.05, 0) is 18.1 Å². The lowest BCUT2D eigenvalue weighted by Gasteiger charge is -2.23. The molecule has 23 heavy (non-hydrogen) atoms. The Labute approximate surface area is 134 Å². The van der Waals surface area contributed by atoms with Gasteiger partial charge in [0.25, 0.3) is 10.0 Å². The first kappa shape index (κ1) is 16.9. The van der Waals surface area contributed by atoms with Crippen LogP contribution in [0.15, 0.2) is 33.6 Å². The van der Waals surface area contributed by atoms with Gasteiger partial charge in [-0.15, -0.1) is 4.40 Å². The van der Waals surface area contributed by atoms with E-state index < -0.39 is 22.0 Å². The van der Waals surface area contributed by atoms with Gasteiger partial charge in [0.05, 0.1) is 12.3 Å². The van der Waals surface area contributed by atoms with E-state index in [2.05, 4.69) is 15.0 Å². The van der Waals surface area contributed by atoms with E-state index in [1.54, 1.807) is 18.2 Å². The van der Waals surface area contributed by atoms with Crippen molar-refractivity contribution in [2.45, 2.75) is 24.8 Å². The summed E-state index contributed by atoms with van der Waals surface area (Å²) in [5.74, 6) is -0.891. The van der Waals surface area contributed by atoms with Gasteiger partial charge in [-0.2, -0.15) is 8.42 Å². The maximum Gasteiger partial charge on any atom is 0.336 e. The molecule has 0 aliphatic carbocycles. The van der Waals surface area contributed by atoms with E-state index in [1.807, 2.05) is 13.8 Å². The minimum absolute atomic E-state index is 0.00384. The van der Waals surface area contributed by atoms with Crippen LogP contribution >= 0.6 is 0 Å². The van der Waals surface area contributed by atoms with Crippen LogP contribution in [0, 0.1) is 5.92 Å². The zero-order valence-corrected chi connectivity index (χ0v) is 13.5. The van der Waals surface area contributed by atoms with Crippen LogP contribution in [0.25, 0.3) is 0 Å². The van der Waals surface area contributed by atoms with Crippen molar-refractivity contribution in [1.82, 2.24) is 5.32 Å². The summed E-state index contributed by atoms with van der Waals surface area (Å²) in [6, 6.07) is 4.82. The minimum atomic E-state index is -3.96. The third-order valence-electron chi connectivity index (χ3n) is 2.95. The van der Waals surface area contributed by atoms with E-state index in [9.17, 15) is 18.0 Å². The van der Waals surface area contributed by atoms with Crippen LogP contribution in [0.5, 0.6) is 0 Å². The quantitative estimate of drug-likeness (QED) is 0.577. The fourth-order valence-electron chi connectivity index (χ4n) is 1.92. The van der Waals surface area contributed by atoms with Crippen LogP contribution in [0.1, 0.15) is 13.8 Å². The van der Waals surface area contributed by atoms with Crippen molar-refractivity contribution >= 4 is 33.9 Å². The lowest BCUT2D eigenvalue weighted by Crippen LogP contribution is -2.48. The first-order valence-electron chi connectivity index (χ1n) is 6.92. The highest BCUT2D eigenvalue weighted by molar-refractivity contribution is 7.90. The van der Waals surface area contributed by atoms with Crippen molar-refractivity contribution in [3.05, 3.63) is 24.3 Å². The first-order chi connectivity index (χ1) is 10.8. The van der Waals surface area contributed by atoms with Crippen molar-refractivity contribution in [2.75, 3.05) is 11.9 Å². The smallest absolute Gasteiger partial charge is 0.336 e. The summed E-state index contributed by atoms with van der Waals surface area (Å²) >= 11 is 0. The Morgan fingerprint density at radius 1 is 1.39 bits per heavy atom. The highest BCUT2D eigenvalue weighted by Crippen LogP contribution is 2.27. The van der Waals surface area contributed by atoms with E-state index in [1.165, 1.54) is 6.07 Å². The molecule has 0 aromatic heterocycles. The van der Waals surface area contributed by atoms with Crippen LogP contribution in [-0.2, 0) is 24.3 Å². The normalized spacial score (nSPS) is 16.6. The number of amides is 1. The van der Waals surface area contributed by atoms with E-state index in [0.717, 1.165) is 0 Å². The molecule has 1 atom stereocenters. The highest BCUT2D eigenvalue weighted by Gasteiger charge is 2.33. The Morgan fingerprint density at radius 3 is 2.74 bits per heavy atom. The number of amidine groups is 1. The molecular formula is C14H17N3O5S. The first-order valence-corrected chi connectivity index (χ1v) is 8.36. The summed E-state index contributed by atoms with van der Waals surface area (Å²) in [5, 5.41) is 4.99. The molecule has 1 aromatic rings. The summed E-state index contributed by atoms with van der Waals surface area (Å²) < 4.78 is 33.0. The van der Waals surface area contributed by atoms with Gasteiger partial charge < -0.3 is 15.4 Å². The largest absolute Gasteiger partial charge is 0.464 e. The molecule has 8 nitrogen and oxygen atoms in total. The predicted octanol–water partition coefficient (Wildman–Crippen LogP) is 0.513. The lowest BCUT2D eigenvalue weighted by molar-refractivity contribution is -0.146. The third-order valence-corrected chi connectivity index (χ3v) is 4.30. The monoisotopic (exact) mass is 339 g/mol. The molecule has 2 N–H and O–H groups in total. The predicted molar refractivity (Wildman–Crippen MR) is 83.5 cm³/mol. The van der Waals surface area contributed by atoms with Crippen molar-refractivity contribution in [1.29, 1.82) is 0 Å². The van der Waals surface area contributed by atoms with Gasteiger partial charge in [0.2, 0.25) is 6.41 Å². The SMILES string of the molecule is CC(C)COC(=O)C(NC=O)C1=NS(=O)(=O)c2ccccc2N1. The van der Waals surface area contributed by atoms with Gasteiger partial charge in [0.15, 0.2) is 11.9 Å². The number of nitrogens with zero attached hydrogens (tertiary/aromatic N) is 1. The fourth-order valence-corrected chi connectivity index (χ4v) is 3.07. The molecule has 0 saturated heterocycles. The molecule has 0 bridgehead atoms. The van der Waals surface area contributed by atoms with Gasteiger partial charge in [-0.1, -0.05) is 26.0 Å². The number of sulfonamides is 1. The molecule has 124 valence electrons. The summed E-state index contributed by atoms with van der Waals surface area (Å²) in [6.45, 7) is 3.85. The molecule has 0 radical (unpaired) electrons. The number of para-hydroxylation sites is 1. The molecule has 1 heterocycles. The minimum Gasteiger partial charge on any atom is -0.464 e. The summed E-state index contributed by atoms with van der Waals surface area (Å²) in [6.07, 6.45) is 0.290. The number of hydrogen-bond acceptors (Lipinski definition) is 6. The van der Waals surface area contributed by atoms with Crippen LogP contribution in [0.4, 0.5) is 5.69 Å². The zero-order chi connectivity index (χ0) is 17.0. The molecule has 9 heteroatoms. The second-order valence-electron chi connectivity index (χ2n) is 5.31. The average Bonchev–Trinajstić information content (AvgIpc) is 2.49. The number of carbonyl (C=O) groups excluding carboxylic acids is 2. The molecule has 1 amide bonds. The zero-order valence-electron chi connectivity index (χ0n) is 12.6. The molecule has 0 spiro atoms. The molecule has 1 aliphatic heterocycles. The highest BCUT2D eigenvalue weighted by atomic mass is 32.2. The number of hydrogen-bond donors (Lipinski definition) is 2. The maximum atomic E-state index is 12.2. The molecule has 0 saturated carbocycles. The van der Waals surface area contributed by atoms with Crippen LogP contribution in [-0.4, -0.2) is 39.3 Å². The molecular weight excluding hydrogens is 322 g/mol. The summed E-state index contributed by atoms with van der Waals surface area (Å²) in [5.41, 5.74) is 0.284. The van der Waals surface area contributed by atoms with E-state index in [0.29, 0.717) is 6.41 Å². The summed E-state index contributed by atoms with van der Waals surface area (Å²) in [7, 11) is -3.96. The number of benzene rings is 1. The number of rotatable bonds is 6. The third kappa shape index (κ3) is 3.86. The number of nitrogens with one attached hydrogen (secondary N) is 2. The van der Waals surface area contributed by atoms with Gasteiger partial charge in [-0.3, -0.25) is 4.79 Å². The van der Waals surface area contributed by atoms with Gasteiger partial charge >= 0.3 is 5.97 Å². The van der Waals surface area contributed by atoms with Crippen LogP contribution in [0.3, 0.4) is 0 Å². The molecule has 1 aromatic carbocycles. The second-order valence-corrected chi connectivity index (χ2v) is 6.89. The van der Waals surface area contributed by atoms with E-state index in [-0.39, 0.29) is 28.9 Å². The Balaban J connectivity index is 2.32. The Morgan fingerprint density at radius 2 is 2.09 bits per heavy atom. The standard InChI is InChI=1S/C14H17N3O5S/c1-9(2)7-22-14(19)12(15-8-18)13-16-10-5-3-4-6-11(10)23(20,21)17-13/h3-6,8-9,12H,7H2,1-2H3,(H,15,18)(H,16,17). The maximum absolute atomic E-state index is 12.2. The van der Waals surface area contributed by atoms with Gasteiger partial charge in [-0.25, -0.2) is 4.79 Å². The van der Waals surface area contributed by atoms with Crippen molar-refractivity contribution in [2.24, 2.45) is 10.3 Å². The second kappa shape index (κ2) is 6.78. The summed E-state index contributed by atoms with van der Waals surface area (Å²) in [4.78, 5) is 22.9. The Kier molecular flexibility index (Phi) is 4.99. The molecule has 1 aliphatic rings. The van der Waals surface area contributed by atoms with E-state index in [4.69, 9.17) is 4.74 Å². The number of anilines is 1. The van der Waals surface area contributed by atoms with E-state index >= 15 is 0 Å². The topological polar surface area (TPSA) is 114 Å². The Hall–Kier alpha value is -2.42. The van der Waals surface area contributed by atoms with Crippen molar-refractivity contribution < 1.29 is 22.7 Å². The van der Waals surface area contributed by atoms with Crippen LogP contribution < -0.4 is 10.6 Å². The molecule has 0 fully saturated rings. The average molecular weight is 339 g/mol.